The maximum atomic E-state index is 13.0. The van der Waals surface area contributed by atoms with E-state index in [1.165, 1.54) is 0 Å². The summed E-state index contributed by atoms with van der Waals surface area (Å²) < 4.78 is 87.4. The smallest absolute Gasteiger partial charge is 0.217 e. The molecule has 8 aliphatic rings. The van der Waals surface area contributed by atoms with Gasteiger partial charge in [0.2, 0.25) is 23.6 Å². The molecule has 0 unspecified atom stereocenters. The summed E-state index contributed by atoms with van der Waals surface area (Å²) >= 11 is 0. The van der Waals surface area contributed by atoms with Crippen LogP contribution in [0.5, 0.6) is 0 Å². The molecule has 0 bridgehead atoms. The van der Waals surface area contributed by atoms with Gasteiger partial charge in [-0.2, -0.15) is 0 Å². The molecule has 584 valence electrons. The van der Waals surface area contributed by atoms with Gasteiger partial charge in [0.05, 0.1) is 52.9 Å². The average molecular weight is 1480 g/mol. The predicted molar refractivity (Wildman–Crippen MR) is 311 cm³/mol. The minimum absolute atomic E-state index is 0.754. The third-order valence-electron chi connectivity index (χ3n) is 18.3. The van der Waals surface area contributed by atoms with E-state index in [9.17, 15) is 132 Å². The maximum Gasteiger partial charge on any atom is 0.217 e. The van der Waals surface area contributed by atoms with Crippen molar-refractivity contribution in [2.45, 2.75) is 273 Å². The van der Waals surface area contributed by atoms with Crippen LogP contribution < -0.4 is 21.3 Å². The molecule has 0 saturated carbocycles. The fourth-order valence-corrected chi connectivity index (χ4v) is 13.1. The number of hydrogen-bond acceptors (Lipinski definition) is 41. The van der Waals surface area contributed by atoms with E-state index in [-0.39, 0.29) is 0 Å². The van der Waals surface area contributed by atoms with E-state index in [0.717, 1.165) is 27.7 Å². The molecule has 0 aliphatic carbocycles. The van der Waals surface area contributed by atoms with E-state index >= 15 is 0 Å². The number of aliphatic hydroxyl groups excluding tert-OH is 22. The van der Waals surface area contributed by atoms with Gasteiger partial charge in [0.15, 0.2) is 50.3 Å². The number of hydrogen-bond donors (Lipinski definition) is 26. The molecule has 8 fully saturated rings. The van der Waals surface area contributed by atoms with Crippen molar-refractivity contribution in [3.8, 4) is 0 Å². The lowest BCUT2D eigenvalue weighted by atomic mass is 9.93. The molecule has 40 atom stereocenters. The third-order valence-corrected chi connectivity index (χ3v) is 18.3. The van der Waals surface area contributed by atoms with Gasteiger partial charge in [0.1, 0.15) is 195 Å². The monoisotopic (exact) mass is 1480 g/mol. The summed E-state index contributed by atoms with van der Waals surface area (Å²) in [6.07, 6.45) is -71.2. The van der Waals surface area contributed by atoms with Crippen LogP contribution >= 0.6 is 0 Å². The highest BCUT2D eigenvalue weighted by atomic mass is 16.8. The van der Waals surface area contributed by atoms with Crippen molar-refractivity contribution in [2.75, 3.05) is 52.9 Å². The Balaban J connectivity index is 0.981. The first-order chi connectivity index (χ1) is 47.8. The minimum Gasteiger partial charge on any atom is -0.394 e. The van der Waals surface area contributed by atoms with Crippen molar-refractivity contribution < 1.29 is 203 Å². The SMILES string of the molecule is CC(=O)N[C@@H]1[C@@H](O[C@@H]2O[C@H](CO)[C@@H](O[C@@H]3O[C@H](CO)[C@H](O)[C@H](O[C@@H]4O[C@H](CO)[C@@H](O[C@@H]5O[C@H](CO)[C@H](O)[C@H](O[C@@H]6O[C@H](CO)[C@@H](O[C@@H]7O[C@H](CO)[C@H](O)[C@H](O[C@@H]8O[C@H](CO)[C@@H](O)[C@H](O)[C@H]8O)[C@H]7NC(C)=O)[C@H](O)[C@H]6O)[C@H]5NC(C)=O)[C@H](O)[C@H]4O)[C@H]3NC(C)=O)[C@H](O)[C@H]2O)[C@@H](O)[C@@H](CO)O[C@H]1O. The molecule has 8 saturated heterocycles. The molecule has 0 aromatic rings. The summed E-state index contributed by atoms with van der Waals surface area (Å²) in [6.45, 7) is -4.36. The van der Waals surface area contributed by atoms with E-state index in [2.05, 4.69) is 21.3 Å². The number of nitrogens with one attached hydrogen (secondary N) is 4. The Morgan fingerprint density at radius 1 is 0.238 bits per heavy atom. The topological polar surface area (TPSA) is 700 Å². The molecule has 0 spiro atoms. The fraction of sp³-hybridized carbons (Fsp3) is 0.929. The highest BCUT2D eigenvalue weighted by Crippen LogP contribution is 2.39. The molecule has 45 nitrogen and oxygen atoms in total. The molecule has 4 amide bonds. The second-order valence-corrected chi connectivity index (χ2v) is 25.3. The van der Waals surface area contributed by atoms with E-state index in [0.29, 0.717) is 0 Å². The van der Waals surface area contributed by atoms with Gasteiger partial charge in [-0.05, 0) is 0 Å². The molecule has 8 heterocycles. The Kier molecular flexibility index (Phi) is 29.9. The van der Waals surface area contributed by atoms with Gasteiger partial charge in [-0.3, -0.25) is 19.2 Å². The van der Waals surface area contributed by atoms with E-state index in [4.69, 9.17) is 71.1 Å². The first kappa shape index (κ1) is 83.0. The second kappa shape index (κ2) is 36.3. The molecule has 101 heavy (non-hydrogen) atoms. The van der Waals surface area contributed by atoms with Crippen molar-refractivity contribution in [3.63, 3.8) is 0 Å². The second-order valence-electron chi connectivity index (χ2n) is 25.3. The van der Waals surface area contributed by atoms with Crippen LogP contribution in [0.15, 0.2) is 0 Å². The Bertz CT molecular complexity index is 2630. The van der Waals surface area contributed by atoms with Crippen LogP contribution in [0.1, 0.15) is 27.7 Å². The zero-order valence-corrected chi connectivity index (χ0v) is 54.3. The lowest BCUT2D eigenvalue weighted by molar-refractivity contribution is -0.385. The predicted octanol–water partition coefficient (Wildman–Crippen LogP) is -17.9. The Labute approximate surface area is 572 Å². The Hall–Kier alpha value is -3.60. The molecule has 45 heteroatoms. The van der Waals surface area contributed by atoms with Gasteiger partial charge in [-0.25, -0.2) is 0 Å². The number of carbonyl (C=O) groups excluding carboxylic acids is 4. The molecule has 8 rings (SSSR count). The highest BCUT2D eigenvalue weighted by molar-refractivity contribution is 5.74. The average Bonchev–Trinajstić information content (AvgIpc) is 0.772. The van der Waals surface area contributed by atoms with Crippen LogP contribution in [-0.2, 0) is 90.2 Å². The zero-order chi connectivity index (χ0) is 74.5. The van der Waals surface area contributed by atoms with Gasteiger partial charge in [-0.1, -0.05) is 0 Å². The number of rotatable bonds is 26. The fourth-order valence-electron chi connectivity index (χ4n) is 13.1. The van der Waals surface area contributed by atoms with Crippen LogP contribution in [0.2, 0.25) is 0 Å². The Morgan fingerprint density at radius 3 is 0.693 bits per heavy atom. The van der Waals surface area contributed by atoms with Gasteiger partial charge in [-0.15, -0.1) is 0 Å². The summed E-state index contributed by atoms with van der Waals surface area (Å²) in [5.74, 6) is -3.45. The van der Waals surface area contributed by atoms with Crippen molar-refractivity contribution in [2.24, 2.45) is 0 Å². The van der Waals surface area contributed by atoms with Crippen molar-refractivity contribution in [1.29, 1.82) is 0 Å². The van der Waals surface area contributed by atoms with Crippen LogP contribution in [0.4, 0.5) is 0 Å². The highest BCUT2D eigenvalue weighted by Gasteiger charge is 2.60. The van der Waals surface area contributed by atoms with Crippen molar-refractivity contribution >= 4 is 23.6 Å². The number of amides is 4. The molecule has 26 N–H and O–H groups in total. The van der Waals surface area contributed by atoms with Crippen LogP contribution in [0.3, 0.4) is 0 Å². The molecule has 0 aromatic heterocycles. The number of carbonyl (C=O) groups is 4. The maximum absolute atomic E-state index is 13.0. The molecular weight excluding hydrogens is 1380 g/mol. The van der Waals surface area contributed by atoms with Crippen molar-refractivity contribution in [1.82, 2.24) is 21.3 Å². The standard InChI is InChI=1S/C56H94N4O41/c1-13(69)57-25-45(30(74)18(6-62)87-49(25)86)98-54-39(83)35(79)42(22(10-66)92-54)95-51-27(59-15(3)71)47(32(76)20(8-64)89-51)100-56-41(85)37(81)44(24(12-68)94-56)97-52-28(60-16(4)72)48(33(77)21(9-65)90-52)101-55-40(84)36(80)43(23(11-67)93-55)96-50-26(58-14(2)70)46(31(75)19(7-63)88-50)99-53-38(82)34(78)29(73)17(5-61)91-53/h17-56,61-68,73-86H,5-12H2,1-4H3,(H,57,69)(H,58,70)(H,59,71)(H,60,72)/t17-,18-,19-,20-,21-,22-,23-,24-,25-,26-,27-,28-,29-,30+,31+,32+,33+,34+,35-,36-,37-,38-,39-,40-,41-,42-,43-,44-,45-,46-,47-,48-,49-,50+,51+,52+,53+,54+,55+,56+/m1/s1. The number of aliphatic hydroxyl groups is 22. The van der Waals surface area contributed by atoms with Crippen molar-refractivity contribution in [3.05, 3.63) is 0 Å². The largest absolute Gasteiger partial charge is 0.394 e. The van der Waals surface area contributed by atoms with Gasteiger partial charge in [0, 0.05) is 27.7 Å². The van der Waals surface area contributed by atoms with Gasteiger partial charge < -0.3 is 205 Å². The van der Waals surface area contributed by atoms with E-state index in [1.54, 1.807) is 0 Å². The zero-order valence-electron chi connectivity index (χ0n) is 54.3. The first-order valence-corrected chi connectivity index (χ1v) is 32.1. The van der Waals surface area contributed by atoms with Gasteiger partial charge in [0.25, 0.3) is 0 Å². The molecular formula is C56H94N4O41. The summed E-state index contributed by atoms with van der Waals surface area (Å²) in [7, 11) is 0. The summed E-state index contributed by atoms with van der Waals surface area (Å²) in [6, 6.07) is -7.05. The molecule has 0 aromatic carbocycles. The normalized spacial score (nSPS) is 48.3. The molecule has 0 radical (unpaired) electrons. The van der Waals surface area contributed by atoms with Gasteiger partial charge >= 0.3 is 0 Å². The van der Waals surface area contributed by atoms with Crippen LogP contribution in [0.25, 0.3) is 0 Å². The minimum atomic E-state index is -2.37. The quantitative estimate of drug-likeness (QED) is 0.0382. The molecule has 8 aliphatic heterocycles. The van der Waals surface area contributed by atoms with E-state index < -0.39 is 322 Å². The van der Waals surface area contributed by atoms with Crippen LogP contribution in [-0.4, -0.2) is 434 Å². The van der Waals surface area contributed by atoms with Crippen LogP contribution in [0, 0.1) is 0 Å². The summed E-state index contributed by atoms with van der Waals surface area (Å²) in [4.78, 5) is 50.7. The first-order valence-electron chi connectivity index (χ1n) is 32.1. The number of ether oxygens (including phenoxy) is 15. The lowest BCUT2D eigenvalue weighted by Gasteiger charge is -2.51. The van der Waals surface area contributed by atoms with E-state index in [1.807, 2.05) is 0 Å². The Morgan fingerprint density at radius 2 is 0.436 bits per heavy atom. The summed E-state index contributed by atoms with van der Waals surface area (Å²) in [5.41, 5.74) is 0. The lowest BCUT2D eigenvalue weighted by Crippen LogP contribution is -2.71. The summed E-state index contributed by atoms with van der Waals surface area (Å²) in [5, 5.41) is 251. The third kappa shape index (κ3) is 18.3.